The molecule has 1 atom stereocenters. The predicted octanol–water partition coefficient (Wildman–Crippen LogP) is 5.83. The molecule has 3 aromatic rings. The van der Waals surface area contributed by atoms with Crippen LogP contribution < -0.4 is 10.5 Å². The van der Waals surface area contributed by atoms with Crippen molar-refractivity contribution in [2.45, 2.75) is 41.7 Å². The van der Waals surface area contributed by atoms with Gasteiger partial charge < -0.3 is 20.3 Å². The van der Waals surface area contributed by atoms with Gasteiger partial charge in [0.2, 0.25) is 0 Å². The molecule has 33 heavy (non-hydrogen) atoms. The van der Waals surface area contributed by atoms with Gasteiger partial charge >= 0.3 is 7.82 Å². The zero-order valence-corrected chi connectivity index (χ0v) is 20.7. The van der Waals surface area contributed by atoms with Gasteiger partial charge in [-0.25, -0.2) is 4.57 Å². The Balaban J connectivity index is 1.57. The van der Waals surface area contributed by atoms with E-state index < -0.39 is 13.4 Å². The molecule has 0 saturated carbocycles. The molecule has 176 valence electrons. The van der Waals surface area contributed by atoms with Crippen LogP contribution in [0.3, 0.4) is 0 Å². The van der Waals surface area contributed by atoms with E-state index in [0.717, 1.165) is 26.7 Å². The summed E-state index contributed by atoms with van der Waals surface area (Å²) in [6.45, 7) is 1.95. The minimum atomic E-state index is -4.55. The van der Waals surface area contributed by atoms with Gasteiger partial charge in [-0.15, -0.1) is 0 Å². The van der Waals surface area contributed by atoms with Crippen LogP contribution in [0.15, 0.2) is 82.6 Å². The summed E-state index contributed by atoms with van der Waals surface area (Å²) in [7, 11) is -4.55. The van der Waals surface area contributed by atoms with Crippen LogP contribution in [0.5, 0.6) is 5.75 Å². The first-order chi connectivity index (χ1) is 15.6. The number of hydrogen-bond donors (Lipinski definition) is 3. The minimum Gasteiger partial charge on any atom is -0.489 e. The molecule has 0 spiro atoms. The molecule has 0 amide bonds. The molecule has 4 N–H and O–H groups in total. The Bertz CT molecular complexity index is 1110. The van der Waals surface area contributed by atoms with Gasteiger partial charge in [0, 0.05) is 20.4 Å². The second kappa shape index (κ2) is 11.5. The van der Waals surface area contributed by atoms with Crippen LogP contribution in [0, 0.1) is 0 Å². The first kappa shape index (κ1) is 25.8. The van der Waals surface area contributed by atoms with Crippen LogP contribution in [-0.4, -0.2) is 21.9 Å². The first-order valence-electron chi connectivity index (χ1n) is 10.3. The van der Waals surface area contributed by atoms with Crippen molar-refractivity contribution in [2.24, 2.45) is 5.73 Å². The number of halogens is 1. The largest absolute Gasteiger partial charge is 0.489 e. The van der Waals surface area contributed by atoms with E-state index in [4.69, 9.17) is 31.9 Å². The van der Waals surface area contributed by atoms with Gasteiger partial charge in [0.1, 0.15) is 12.4 Å². The summed E-state index contributed by atoms with van der Waals surface area (Å²) in [5.41, 5.74) is 7.23. The standard InChI is InChI=1S/C24H27ClNO5PS/c1-24(26,17-31-32(27,28)29)13-12-19-10-11-22(15-23(19)25)33-21-9-5-8-20(14-21)30-16-18-6-3-2-4-7-18/h2-11,14-15H,12-13,16-17,26H2,1H3,(H2,27,28,29)/t24-/m0/s1. The lowest BCUT2D eigenvalue weighted by molar-refractivity contribution is 0.154. The molecule has 3 aromatic carbocycles. The van der Waals surface area contributed by atoms with Gasteiger partial charge in [-0.3, -0.25) is 4.52 Å². The van der Waals surface area contributed by atoms with Crippen LogP contribution in [0.2, 0.25) is 5.02 Å². The Labute approximate surface area is 203 Å². The molecular formula is C24H27ClNO5PS. The number of rotatable bonds is 11. The average molecular weight is 508 g/mol. The maximum Gasteiger partial charge on any atom is 0.469 e. The Morgan fingerprint density at radius 3 is 2.45 bits per heavy atom. The highest BCUT2D eigenvalue weighted by Gasteiger charge is 2.24. The number of phosphoric acid groups is 1. The number of ether oxygens (including phenoxy) is 1. The van der Waals surface area contributed by atoms with Crippen molar-refractivity contribution in [2.75, 3.05) is 6.61 Å². The molecule has 0 bridgehead atoms. The topological polar surface area (TPSA) is 102 Å². The summed E-state index contributed by atoms with van der Waals surface area (Å²) in [6, 6.07) is 23.8. The normalized spacial score (nSPS) is 13.5. The summed E-state index contributed by atoms with van der Waals surface area (Å²) in [6.07, 6.45) is 1.02. The highest BCUT2D eigenvalue weighted by Crippen LogP contribution is 2.37. The molecule has 9 heteroatoms. The second-order valence-corrected chi connectivity index (χ2v) is 10.8. The Hall–Kier alpha value is -1.83. The van der Waals surface area contributed by atoms with E-state index in [-0.39, 0.29) is 6.61 Å². The smallest absolute Gasteiger partial charge is 0.469 e. The molecule has 0 aliphatic rings. The van der Waals surface area contributed by atoms with Crippen molar-refractivity contribution in [3.05, 3.63) is 88.9 Å². The van der Waals surface area contributed by atoms with Gasteiger partial charge in [-0.2, -0.15) is 0 Å². The summed E-state index contributed by atoms with van der Waals surface area (Å²) in [5.74, 6) is 0.798. The van der Waals surface area contributed by atoms with E-state index in [0.29, 0.717) is 24.5 Å². The monoisotopic (exact) mass is 507 g/mol. The summed E-state index contributed by atoms with van der Waals surface area (Å²) < 4.78 is 21.4. The second-order valence-electron chi connectivity index (χ2n) is 8.02. The SMILES string of the molecule is C[C@](N)(CCc1ccc(Sc2cccc(OCc3ccccc3)c2)cc1Cl)COP(=O)(O)O. The third-order valence-corrected chi connectivity index (χ3v) is 6.64. The Morgan fingerprint density at radius 2 is 1.76 bits per heavy atom. The van der Waals surface area contributed by atoms with Crippen LogP contribution in [0.4, 0.5) is 0 Å². The first-order valence-corrected chi connectivity index (χ1v) is 13.0. The van der Waals surface area contributed by atoms with Crippen molar-refractivity contribution < 1.29 is 23.6 Å². The van der Waals surface area contributed by atoms with Gasteiger partial charge in [0.25, 0.3) is 0 Å². The van der Waals surface area contributed by atoms with E-state index in [1.54, 1.807) is 18.7 Å². The number of nitrogens with two attached hydrogens (primary N) is 1. The fourth-order valence-electron chi connectivity index (χ4n) is 3.02. The Kier molecular flexibility index (Phi) is 9.02. The van der Waals surface area contributed by atoms with Crippen molar-refractivity contribution >= 4 is 31.2 Å². The van der Waals surface area contributed by atoms with Crippen LogP contribution in [0.25, 0.3) is 0 Å². The van der Waals surface area contributed by atoms with Crippen LogP contribution >= 0.6 is 31.2 Å². The molecule has 0 heterocycles. The summed E-state index contributed by atoms with van der Waals surface area (Å²) in [5, 5.41) is 0.614. The third-order valence-electron chi connectivity index (χ3n) is 4.84. The molecule has 0 aliphatic heterocycles. The molecule has 0 unspecified atom stereocenters. The molecule has 0 radical (unpaired) electrons. The average Bonchev–Trinajstić information content (AvgIpc) is 2.76. The predicted molar refractivity (Wildman–Crippen MR) is 132 cm³/mol. The van der Waals surface area contributed by atoms with Gasteiger partial charge in [0.05, 0.1) is 6.61 Å². The maximum absolute atomic E-state index is 10.9. The van der Waals surface area contributed by atoms with E-state index in [1.165, 1.54) is 0 Å². The lowest BCUT2D eigenvalue weighted by atomic mass is 9.95. The zero-order valence-electron chi connectivity index (χ0n) is 18.2. The number of benzene rings is 3. The fourth-order valence-corrected chi connectivity index (χ4v) is 4.73. The maximum atomic E-state index is 10.9. The van der Waals surface area contributed by atoms with E-state index in [1.807, 2.05) is 72.8 Å². The van der Waals surface area contributed by atoms with Crippen molar-refractivity contribution in [1.29, 1.82) is 0 Å². The molecule has 3 rings (SSSR count). The lowest BCUT2D eigenvalue weighted by Crippen LogP contribution is -2.41. The number of hydrogen-bond acceptors (Lipinski definition) is 5. The van der Waals surface area contributed by atoms with Crippen LogP contribution in [-0.2, 0) is 22.1 Å². The fraction of sp³-hybridized carbons (Fsp3) is 0.250. The highest BCUT2D eigenvalue weighted by atomic mass is 35.5. The minimum absolute atomic E-state index is 0.245. The molecule has 0 aromatic heterocycles. The van der Waals surface area contributed by atoms with Crippen LogP contribution in [0.1, 0.15) is 24.5 Å². The third kappa shape index (κ3) is 9.14. The summed E-state index contributed by atoms with van der Waals surface area (Å²) >= 11 is 8.07. The summed E-state index contributed by atoms with van der Waals surface area (Å²) in [4.78, 5) is 19.8. The molecular weight excluding hydrogens is 481 g/mol. The van der Waals surface area contributed by atoms with E-state index >= 15 is 0 Å². The quantitative estimate of drug-likeness (QED) is 0.281. The Morgan fingerprint density at radius 1 is 1.03 bits per heavy atom. The van der Waals surface area contributed by atoms with Gasteiger partial charge in [-0.1, -0.05) is 65.8 Å². The van der Waals surface area contributed by atoms with Crippen molar-refractivity contribution in [3.8, 4) is 5.75 Å². The molecule has 0 saturated heterocycles. The molecule has 6 nitrogen and oxygen atoms in total. The van der Waals surface area contributed by atoms with Gasteiger partial charge in [-0.05, 0) is 61.2 Å². The molecule has 0 fully saturated rings. The lowest BCUT2D eigenvalue weighted by Gasteiger charge is -2.24. The number of phosphoric ester groups is 1. The zero-order chi connectivity index (χ0) is 23.9. The highest BCUT2D eigenvalue weighted by molar-refractivity contribution is 7.99. The van der Waals surface area contributed by atoms with Gasteiger partial charge in [0.15, 0.2) is 0 Å². The van der Waals surface area contributed by atoms with E-state index in [2.05, 4.69) is 4.52 Å². The number of aryl methyl sites for hydroxylation is 1. The van der Waals surface area contributed by atoms with Crippen molar-refractivity contribution in [1.82, 2.24) is 0 Å². The van der Waals surface area contributed by atoms with E-state index in [9.17, 15) is 4.57 Å². The van der Waals surface area contributed by atoms with Crippen molar-refractivity contribution in [3.63, 3.8) is 0 Å². The molecule has 0 aliphatic carbocycles.